The van der Waals surface area contributed by atoms with Crippen LogP contribution >= 0.6 is 0 Å². The van der Waals surface area contributed by atoms with Crippen LogP contribution in [0.15, 0.2) is 0 Å². The van der Waals surface area contributed by atoms with E-state index in [1.807, 2.05) is 4.90 Å². The third kappa shape index (κ3) is 6.39. The number of carbonyl (C=O) groups excluding carboxylic acids is 1. The van der Waals surface area contributed by atoms with Gasteiger partial charge in [-0.05, 0) is 44.4 Å². The predicted molar refractivity (Wildman–Crippen MR) is 77.7 cm³/mol. The Labute approximate surface area is 117 Å². The highest BCUT2D eigenvalue weighted by atomic mass is 16.3. The number of amides is 1. The molecule has 0 aromatic carbocycles. The summed E-state index contributed by atoms with van der Waals surface area (Å²) in [4.78, 5) is 14.0. The maximum atomic E-state index is 12.1. The average Bonchev–Trinajstić information content (AvgIpc) is 2.42. The van der Waals surface area contributed by atoms with Gasteiger partial charge >= 0.3 is 0 Å². The Morgan fingerprint density at radius 3 is 2.53 bits per heavy atom. The molecular weight excluding hydrogens is 240 g/mol. The van der Waals surface area contributed by atoms with Crippen molar-refractivity contribution in [2.45, 2.75) is 64.3 Å². The summed E-state index contributed by atoms with van der Waals surface area (Å²) in [5.41, 5.74) is 5.89. The summed E-state index contributed by atoms with van der Waals surface area (Å²) in [6.07, 6.45) is 8.26. The molecule has 19 heavy (non-hydrogen) atoms. The molecular formula is C15H30N2O2. The summed E-state index contributed by atoms with van der Waals surface area (Å²) in [6, 6.07) is 0.377. The minimum atomic E-state index is 0.0632. The molecule has 1 rings (SSSR count). The predicted octanol–water partition coefficient (Wildman–Crippen LogP) is 1.91. The van der Waals surface area contributed by atoms with Gasteiger partial charge in [-0.25, -0.2) is 0 Å². The molecule has 0 aromatic heterocycles. The molecule has 1 aliphatic carbocycles. The molecule has 1 saturated carbocycles. The number of aliphatic hydroxyl groups excluding tert-OH is 1. The van der Waals surface area contributed by atoms with Gasteiger partial charge in [0, 0.05) is 25.6 Å². The zero-order valence-corrected chi connectivity index (χ0v) is 12.3. The van der Waals surface area contributed by atoms with E-state index in [9.17, 15) is 4.79 Å². The minimum Gasteiger partial charge on any atom is -0.395 e. The Hall–Kier alpha value is -0.610. The van der Waals surface area contributed by atoms with Crippen LogP contribution in [0.25, 0.3) is 0 Å². The Bertz CT molecular complexity index is 251. The molecule has 0 radical (unpaired) electrons. The van der Waals surface area contributed by atoms with E-state index in [1.165, 1.54) is 12.8 Å². The van der Waals surface area contributed by atoms with Gasteiger partial charge in [0.1, 0.15) is 0 Å². The number of nitrogens with two attached hydrogens (primary N) is 1. The lowest BCUT2D eigenvalue weighted by atomic mass is 9.84. The van der Waals surface area contributed by atoms with Gasteiger partial charge < -0.3 is 15.7 Å². The van der Waals surface area contributed by atoms with Crippen molar-refractivity contribution in [1.82, 2.24) is 4.90 Å². The lowest BCUT2D eigenvalue weighted by molar-refractivity contribution is -0.132. The van der Waals surface area contributed by atoms with Crippen LogP contribution in [0, 0.1) is 5.92 Å². The van der Waals surface area contributed by atoms with Crippen LogP contribution in [-0.4, -0.2) is 41.7 Å². The van der Waals surface area contributed by atoms with Gasteiger partial charge in [-0.1, -0.05) is 13.3 Å². The van der Waals surface area contributed by atoms with Crippen molar-refractivity contribution in [3.63, 3.8) is 0 Å². The molecule has 0 heterocycles. The number of nitrogens with zero attached hydrogens (tertiary/aromatic N) is 1. The van der Waals surface area contributed by atoms with Crippen LogP contribution in [0.3, 0.4) is 0 Å². The Morgan fingerprint density at radius 1 is 1.26 bits per heavy atom. The van der Waals surface area contributed by atoms with Gasteiger partial charge in [0.15, 0.2) is 0 Å². The van der Waals surface area contributed by atoms with E-state index >= 15 is 0 Å². The van der Waals surface area contributed by atoms with Crippen molar-refractivity contribution in [2.75, 3.05) is 19.7 Å². The van der Waals surface area contributed by atoms with Gasteiger partial charge in [0.2, 0.25) is 5.91 Å². The first-order valence-corrected chi connectivity index (χ1v) is 7.81. The molecule has 0 saturated heterocycles. The summed E-state index contributed by atoms with van der Waals surface area (Å²) in [5.74, 6) is 0.878. The van der Waals surface area contributed by atoms with Crippen LogP contribution in [0.5, 0.6) is 0 Å². The van der Waals surface area contributed by atoms with Crippen molar-refractivity contribution in [3.05, 3.63) is 0 Å². The summed E-state index contributed by atoms with van der Waals surface area (Å²) in [7, 11) is 0. The first kappa shape index (κ1) is 16.4. The highest BCUT2D eigenvalue weighted by molar-refractivity contribution is 5.76. The van der Waals surface area contributed by atoms with Gasteiger partial charge in [0.25, 0.3) is 0 Å². The van der Waals surface area contributed by atoms with E-state index < -0.39 is 0 Å². The molecule has 112 valence electrons. The molecule has 0 atom stereocenters. The van der Waals surface area contributed by atoms with Gasteiger partial charge in [-0.15, -0.1) is 0 Å². The number of aliphatic hydroxyl groups is 1. The van der Waals surface area contributed by atoms with Crippen molar-refractivity contribution < 1.29 is 9.90 Å². The van der Waals surface area contributed by atoms with Crippen molar-refractivity contribution in [2.24, 2.45) is 11.7 Å². The molecule has 0 aliphatic heterocycles. The molecule has 0 spiro atoms. The molecule has 0 unspecified atom stereocenters. The fraction of sp³-hybridized carbons (Fsp3) is 0.933. The number of rotatable bonds is 8. The maximum Gasteiger partial charge on any atom is 0.222 e. The van der Waals surface area contributed by atoms with Crippen LogP contribution < -0.4 is 5.73 Å². The topological polar surface area (TPSA) is 66.6 Å². The van der Waals surface area contributed by atoms with Crippen LogP contribution in [0.4, 0.5) is 0 Å². The number of hydrogen-bond donors (Lipinski definition) is 2. The zero-order chi connectivity index (χ0) is 14.1. The quantitative estimate of drug-likeness (QED) is 0.708. The van der Waals surface area contributed by atoms with Crippen molar-refractivity contribution in [1.29, 1.82) is 0 Å². The van der Waals surface area contributed by atoms with E-state index in [1.54, 1.807) is 0 Å². The van der Waals surface area contributed by atoms with E-state index in [-0.39, 0.29) is 12.5 Å². The summed E-state index contributed by atoms with van der Waals surface area (Å²) in [6.45, 7) is 3.44. The highest BCUT2D eigenvalue weighted by Gasteiger charge is 2.20. The van der Waals surface area contributed by atoms with Crippen LogP contribution in [0.1, 0.15) is 58.3 Å². The Morgan fingerprint density at radius 2 is 1.95 bits per heavy atom. The molecule has 0 aromatic rings. The summed E-state index contributed by atoms with van der Waals surface area (Å²) in [5, 5.41) is 9.02. The highest BCUT2D eigenvalue weighted by Crippen LogP contribution is 2.27. The van der Waals surface area contributed by atoms with E-state index in [0.29, 0.717) is 24.9 Å². The fourth-order valence-corrected chi connectivity index (χ4v) is 2.79. The number of hydrogen-bond acceptors (Lipinski definition) is 3. The molecule has 4 nitrogen and oxygen atoms in total. The molecule has 3 N–H and O–H groups in total. The fourth-order valence-electron chi connectivity index (χ4n) is 2.79. The number of unbranched alkanes of at least 4 members (excludes halogenated alkanes) is 1. The van der Waals surface area contributed by atoms with Crippen LogP contribution in [0.2, 0.25) is 0 Å². The van der Waals surface area contributed by atoms with Gasteiger partial charge in [-0.2, -0.15) is 0 Å². The lowest BCUT2D eigenvalue weighted by Crippen LogP contribution is -2.35. The Kier molecular flexibility index (Phi) is 8.07. The third-order valence-electron chi connectivity index (χ3n) is 4.16. The number of carbonyl (C=O) groups is 1. The first-order chi connectivity index (χ1) is 9.17. The average molecular weight is 270 g/mol. The monoisotopic (exact) mass is 270 g/mol. The Balaban J connectivity index is 2.26. The normalized spacial score (nSPS) is 23.3. The smallest absolute Gasteiger partial charge is 0.222 e. The van der Waals surface area contributed by atoms with Crippen LogP contribution in [-0.2, 0) is 4.79 Å². The second-order valence-corrected chi connectivity index (χ2v) is 5.78. The minimum absolute atomic E-state index is 0.0632. The zero-order valence-electron chi connectivity index (χ0n) is 12.3. The van der Waals surface area contributed by atoms with Crippen molar-refractivity contribution >= 4 is 5.91 Å². The molecule has 1 amide bonds. The maximum absolute atomic E-state index is 12.1. The van der Waals surface area contributed by atoms with E-state index in [2.05, 4.69) is 6.92 Å². The summed E-state index contributed by atoms with van der Waals surface area (Å²) < 4.78 is 0. The first-order valence-electron chi connectivity index (χ1n) is 7.81. The van der Waals surface area contributed by atoms with E-state index in [4.69, 9.17) is 10.8 Å². The second-order valence-electron chi connectivity index (χ2n) is 5.78. The van der Waals surface area contributed by atoms with Gasteiger partial charge in [0.05, 0.1) is 6.61 Å². The van der Waals surface area contributed by atoms with E-state index in [0.717, 1.165) is 38.6 Å². The van der Waals surface area contributed by atoms with Crippen molar-refractivity contribution in [3.8, 4) is 0 Å². The molecule has 1 fully saturated rings. The SMILES string of the molecule is CCCCN(CCO)C(=O)CCC1CCC(N)CC1. The van der Waals surface area contributed by atoms with Gasteiger partial charge in [-0.3, -0.25) is 4.79 Å². The largest absolute Gasteiger partial charge is 0.395 e. The third-order valence-corrected chi connectivity index (χ3v) is 4.16. The summed E-state index contributed by atoms with van der Waals surface area (Å²) >= 11 is 0. The molecule has 4 heteroatoms. The molecule has 1 aliphatic rings. The standard InChI is InChI=1S/C15H30N2O2/c1-2-3-10-17(11-12-18)15(19)9-6-13-4-7-14(16)8-5-13/h13-14,18H,2-12,16H2,1H3. The second kappa shape index (κ2) is 9.32. The lowest BCUT2D eigenvalue weighted by Gasteiger charge is -2.27. The molecule has 0 bridgehead atoms.